The molecular weight excluding hydrogens is 538 g/mol. The Hall–Kier alpha value is -3.80. The third-order valence-corrected chi connectivity index (χ3v) is 6.50. The van der Waals surface area contributed by atoms with Crippen molar-refractivity contribution in [2.45, 2.75) is 6.10 Å². The van der Waals surface area contributed by atoms with Crippen LogP contribution in [0.2, 0.25) is 5.02 Å². The van der Waals surface area contributed by atoms with Gasteiger partial charge in [-0.15, -0.1) is 0 Å². The Balaban J connectivity index is 1.59. The van der Waals surface area contributed by atoms with E-state index in [0.717, 1.165) is 10.0 Å². The molecular formula is C30H19BrClNO3. The number of esters is 1. The normalized spacial score (nSPS) is 11.7. The molecule has 1 heterocycles. The molecule has 0 aliphatic rings. The van der Waals surface area contributed by atoms with Crippen LogP contribution >= 0.6 is 27.5 Å². The van der Waals surface area contributed by atoms with Gasteiger partial charge in [0.25, 0.3) is 0 Å². The summed E-state index contributed by atoms with van der Waals surface area (Å²) >= 11 is 9.49. The first-order chi connectivity index (χ1) is 17.5. The molecule has 176 valence electrons. The minimum Gasteiger partial charge on any atom is -0.445 e. The molecule has 0 amide bonds. The standard InChI is InChI=1S/C30H19BrClNO3/c31-22-13-16-26-24(17-22)25(18-27(33-26)19-7-3-1-4-8-19)30(35)36-29(21-9-5-2-6-10-21)28(34)20-11-14-23(32)15-12-20/h1-18,29H/t29-/m0/s1. The maximum Gasteiger partial charge on any atom is 0.339 e. The number of hydrogen-bond donors (Lipinski definition) is 0. The Morgan fingerprint density at radius 2 is 1.47 bits per heavy atom. The molecule has 0 aliphatic heterocycles. The molecule has 1 atom stereocenters. The van der Waals surface area contributed by atoms with Crippen molar-refractivity contribution in [3.63, 3.8) is 0 Å². The fourth-order valence-corrected chi connectivity index (χ4v) is 4.45. The second kappa shape index (κ2) is 10.4. The van der Waals surface area contributed by atoms with Crippen molar-refractivity contribution in [1.29, 1.82) is 0 Å². The summed E-state index contributed by atoms with van der Waals surface area (Å²) in [7, 11) is 0. The highest BCUT2D eigenvalue weighted by atomic mass is 79.9. The number of ether oxygens (including phenoxy) is 1. The molecule has 4 aromatic carbocycles. The van der Waals surface area contributed by atoms with Gasteiger partial charge in [-0.2, -0.15) is 0 Å². The second-order valence-corrected chi connectivity index (χ2v) is 9.50. The third-order valence-electron chi connectivity index (χ3n) is 5.75. The number of nitrogens with zero attached hydrogens (tertiary/aromatic N) is 1. The molecule has 0 bridgehead atoms. The summed E-state index contributed by atoms with van der Waals surface area (Å²) in [6, 6.07) is 32.4. The SMILES string of the molecule is O=C(O[C@H](C(=O)c1ccc(Cl)cc1)c1ccccc1)c1cc(-c2ccccc2)nc2ccc(Br)cc12. The van der Waals surface area contributed by atoms with Crippen LogP contribution in [-0.2, 0) is 4.74 Å². The molecule has 6 heteroatoms. The molecule has 4 nitrogen and oxygen atoms in total. The van der Waals surface area contributed by atoms with E-state index in [1.807, 2.05) is 54.6 Å². The molecule has 0 saturated carbocycles. The van der Waals surface area contributed by atoms with E-state index in [0.29, 0.717) is 38.3 Å². The van der Waals surface area contributed by atoms with Crippen molar-refractivity contribution in [3.8, 4) is 11.3 Å². The lowest BCUT2D eigenvalue weighted by Gasteiger charge is -2.18. The number of ketones is 1. The van der Waals surface area contributed by atoms with Crippen molar-refractivity contribution >= 4 is 50.2 Å². The van der Waals surface area contributed by atoms with Gasteiger partial charge in [0.2, 0.25) is 5.78 Å². The summed E-state index contributed by atoms with van der Waals surface area (Å²) in [5.41, 5.74) is 3.45. The van der Waals surface area contributed by atoms with Gasteiger partial charge in [0.05, 0.1) is 16.8 Å². The molecule has 36 heavy (non-hydrogen) atoms. The second-order valence-electron chi connectivity index (χ2n) is 8.15. The van der Waals surface area contributed by atoms with Crippen LogP contribution in [-0.4, -0.2) is 16.7 Å². The Bertz CT molecular complexity index is 1550. The van der Waals surface area contributed by atoms with E-state index < -0.39 is 12.1 Å². The van der Waals surface area contributed by atoms with Crippen LogP contribution in [0.5, 0.6) is 0 Å². The van der Waals surface area contributed by atoms with Gasteiger partial charge >= 0.3 is 5.97 Å². The largest absolute Gasteiger partial charge is 0.445 e. The smallest absolute Gasteiger partial charge is 0.339 e. The van der Waals surface area contributed by atoms with Gasteiger partial charge in [-0.25, -0.2) is 9.78 Å². The van der Waals surface area contributed by atoms with E-state index in [1.54, 1.807) is 54.6 Å². The van der Waals surface area contributed by atoms with Crippen LogP contribution in [0, 0.1) is 0 Å². The lowest BCUT2D eigenvalue weighted by atomic mass is 9.99. The summed E-state index contributed by atoms with van der Waals surface area (Å²) < 4.78 is 6.74. The van der Waals surface area contributed by atoms with Gasteiger partial charge in [-0.1, -0.05) is 88.2 Å². The molecule has 5 aromatic rings. The first-order valence-electron chi connectivity index (χ1n) is 11.2. The fourth-order valence-electron chi connectivity index (χ4n) is 3.96. The van der Waals surface area contributed by atoms with Gasteiger partial charge in [-0.05, 0) is 48.5 Å². The van der Waals surface area contributed by atoms with E-state index >= 15 is 0 Å². The van der Waals surface area contributed by atoms with E-state index in [1.165, 1.54) is 0 Å². The average molecular weight is 557 g/mol. The summed E-state index contributed by atoms with van der Waals surface area (Å²) in [6.45, 7) is 0. The number of aromatic nitrogens is 1. The molecule has 0 N–H and O–H groups in total. The van der Waals surface area contributed by atoms with E-state index in [9.17, 15) is 9.59 Å². The molecule has 0 radical (unpaired) electrons. The van der Waals surface area contributed by atoms with Crippen LogP contribution in [0.1, 0.15) is 32.4 Å². The Morgan fingerprint density at radius 3 is 2.17 bits per heavy atom. The van der Waals surface area contributed by atoms with Gasteiger partial charge in [0, 0.05) is 31.6 Å². The molecule has 0 spiro atoms. The number of Topliss-reactive ketones (excluding diaryl/α,β-unsaturated/α-hetero) is 1. The highest BCUT2D eigenvalue weighted by molar-refractivity contribution is 9.10. The van der Waals surface area contributed by atoms with Crippen LogP contribution in [0.15, 0.2) is 114 Å². The van der Waals surface area contributed by atoms with Crippen LogP contribution in [0.3, 0.4) is 0 Å². The van der Waals surface area contributed by atoms with E-state index in [-0.39, 0.29) is 5.78 Å². The van der Waals surface area contributed by atoms with Gasteiger partial charge in [-0.3, -0.25) is 4.79 Å². The van der Waals surface area contributed by atoms with Crippen molar-refractivity contribution in [2.75, 3.05) is 0 Å². The summed E-state index contributed by atoms with van der Waals surface area (Å²) in [5, 5.41) is 1.14. The Morgan fingerprint density at radius 1 is 0.806 bits per heavy atom. The zero-order valence-electron chi connectivity index (χ0n) is 18.9. The predicted molar refractivity (Wildman–Crippen MR) is 145 cm³/mol. The third kappa shape index (κ3) is 5.08. The predicted octanol–water partition coefficient (Wildman–Crippen LogP) is 8.10. The highest BCUT2D eigenvalue weighted by Gasteiger charge is 2.28. The molecule has 1 aromatic heterocycles. The maximum atomic E-state index is 13.7. The maximum absolute atomic E-state index is 13.7. The first-order valence-corrected chi connectivity index (χ1v) is 12.4. The number of pyridine rings is 1. The molecule has 0 saturated heterocycles. The average Bonchev–Trinajstić information content (AvgIpc) is 2.92. The molecule has 5 rings (SSSR count). The van der Waals surface area contributed by atoms with Gasteiger partial charge in [0.1, 0.15) is 0 Å². The van der Waals surface area contributed by atoms with E-state index in [2.05, 4.69) is 15.9 Å². The zero-order chi connectivity index (χ0) is 25.1. The zero-order valence-corrected chi connectivity index (χ0v) is 21.2. The monoisotopic (exact) mass is 555 g/mol. The fraction of sp³-hybridized carbons (Fsp3) is 0.0333. The van der Waals surface area contributed by atoms with Crippen LogP contribution in [0.4, 0.5) is 0 Å². The number of carbonyl (C=O) groups excluding carboxylic acids is 2. The van der Waals surface area contributed by atoms with Gasteiger partial charge < -0.3 is 4.74 Å². The van der Waals surface area contributed by atoms with Crippen LogP contribution in [0.25, 0.3) is 22.2 Å². The molecule has 0 aliphatic carbocycles. The van der Waals surface area contributed by atoms with Gasteiger partial charge in [0.15, 0.2) is 6.10 Å². The van der Waals surface area contributed by atoms with Crippen molar-refractivity contribution < 1.29 is 14.3 Å². The number of fused-ring (bicyclic) bond motifs is 1. The number of halogens is 2. The lowest BCUT2D eigenvalue weighted by Crippen LogP contribution is -2.20. The minimum absolute atomic E-state index is 0.324. The number of rotatable bonds is 6. The molecule has 0 fully saturated rings. The lowest BCUT2D eigenvalue weighted by molar-refractivity contribution is 0.0282. The topological polar surface area (TPSA) is 56.3 Å². The first kappa shape index (κ1) is 23.9. The minimum atomic E-state index is -1.13. The summed E-state index contributed by atoms with van der Waals surface area (Å²) in [4.78, 5) is 31.9. The molecule has 0 unspecified atom stereocenters. The van der Waals surface area contributed by atoms with E-state index in [4.69, 9.17) is 21.3 Å². The number of benzene rings is 4. The highest BCUT2D eigenvalue weighted by Crippen LogP contribution is 2.30. The van der Waals surface area contributed by atoms with Crippen molar-refractivity contribution in [2.24, 2.45) is 0 Å². The Kier molecular flexibility index (Phi) is 6.94. The Labute approximate surface area is 221 Å². The summed E-state index contributed by atoms with van der Waals surface area (Å²) in [6.07, 6.45) is -1.13. The summed E-state index contributed by atoms with van der Waals surface area (Å²) in [5.74, 6) is -0.956. The quantitative estimate of drug-likeness (QED) is 0.157. The number of carbonyl (C=O) groups is 2. The number of hydrogen-bond acceptors (Lipinski definition) is 4. The van der Waals surface area contributed by atoms with Crippen LogP contribution < -0.4 is 0 Å². The van der Waals surface area contributed by atoms with Crippen molar-refractivity contribution in [1.82, 2.24) is 4.98 Å². The van der Waals surface area contributed by atoms with Crippen molar-refractivity contribution in [3.05, 3.63) is 135 Å².